The van der Waals surface area contributed by atoms with E-state index in [1.54, 1.807) is 19.2 Å². The van der Waals surface area contributed by atoms with Crippen LogP contribution >= 0.6 is 0 Å². The summed E-state index contributed by atoms with van der Waals surface area (Å²) in [5, 5.41) is 2.96. The Kier molecular flexibility index (Phi) is 7.60. The molecule has 2 saturated heterocycles. The van der Waals surface area contributed by atoms with Crippen molar-refractivity contribution >= 4 is 11.7 Å². The molecule has 0 spiro atoms. The number of benzene rings is 2. The lowest BCUT2D eigenvalue weighted by Crippen LogP contribution is -2.51. The molecular weight excluding hydrogens is 409 g/mol. The predicted octanol–water partition coefficient (Wildman–Crippen LogP) is 4.02. The first-order chi connectivity index (χ1) is 15.6. The van der Waals surface area contributed by atoms with Crippen molar-refractivity contribution in [2.24, 2.45) is 5.92 Å². The van der Waals surface area contributed by atoms with Crippen LogP contribution in [0.3, 0.4) is 0 Å². The molecule has 32 heavy (non-hydrogen) atoms. The minimum absolute atomic E-state index is 0.0217. The van der Waals surface area contributed by atoms with Crippen molar-refractivity contribution in [3.05, 3.63) is 59.9 Å². The van der Waals surface area contributed by atoms with Gasteiger partial charge in [0.15, 0.2) is 0 Å². The van der Waals surface area contributed by atoms with Crippen molar-refractivity contribution in [1.82, 2.24) is 9.80 Å². The van der Waals surface area contributed by atoms with Crippen LogP contribution in [0.15, 0.2) is 48.5 Å². The molecule has 1 atom stereocenters. The number of piperidine rings is 1. The fourth-order valence-corrected chi connectivity index (χ4v) is 4.53. The van der Waals surface area contributed by atoms with E-state index >= 15 is 0 Å². The van der Waals surface area contributed by atoms with Gasteiger partial charge in [0.1, 0.15) is 11.6 Å². The Morgan fingerprint density at radius 2 is 1.94 bits per heavy atom. The van der Waals surface area contributed by atoms with Gasteiger partial charge in [0.2, 0.25) is 0 Å². The normalized spacial score (nSPS) is 20.2. The molecule has 2 fully saturated rings. The van der Waals surface area contributed by atoms with Gasteiger partial charge in [-0.1, -0.05) is 18.2 Å². The molecule has 7 heteroatoms. The van der Waals surface area contributed by atoms with Crippen LogP contribution < -0.4 is 10.1 Å². The molecule has 1 N–H and O–H groups in total. The molecule has 172 valence electrons. The molecule has 0 aliphatic carbocycles. The molecule has 2 amide bonds. The number of hydrogen-bond acceptors (Lipinski definition) is 4. The van der Waals surface area contributed by atoms with Crippen LogP contribution in [0.4, 0.5) is 14.9 Å². The molecule has 0 bridgehead atoms. The summed E-state index contributed by atoms with van der Waals surface area (Å²) in [7, 11) is 1.61. The Morgan fingerprint density at radius 1 is 1.16 bits per heavy atom. The molecule has 6 nitrogen and oxygen atoms in total. The van der Waals surface area contributed by atoms with E-state index in [4.69, 9.17) is 9.47 Å². The number of carbonyl (C=O) groups is 1. The quantitative estimate of drug-likeness (QED) is 0.736. The lowest BCUT2D eigenvalue weighted by atomic mass is 9.90. The number of nitrogens with one attached hydrogen (secondary N) is 1. The number of methoxy groups -OCH3 is 1. The number of nitrogens with zero attached hydrogens (tertiary/aromatic N) is 2. The van der Waals surface area contributed by atoms with Gasteiger partial charge in [-0.3, -0.25) is 0 Å². The minimum atomic E-state index is -0.178. The molecule has 2 aliphatic heterocycles. The summed E-state index contributed by atoms with van der Waals surface area (Å²) in [6.07, 6.45) is 3.29. The fourth-order valence-electron chi connectivity index (χ4n) is 4.53. The van der Waals surface area contributed by atoms with Crippen LogP contribution in [0.1, 0.15) is 18.4 Å². The Hall–Kier alpha value is -2.64. The molecule has 2 aromatic carbocycles. The third-order valence-electron chi connectivity index (χ3n) is 6.35. The van der Waals surface area contributed by atoms with E-state index in [-0.39, 0.29) is 18.0 Å². The Balaban J connectivity index is 1.22. The standard InChI is InChI=1S/C25H32FN3O3/c1-31-23-4-2-3-22(16-23)27-25(30)29-13-14-32-24(18-29)17-28-11-9-20(10-12-28)15-19-5-7-21(26)8-6-19/h2-8,16,20,24H,9-15,17-18H2,1H3,(H,27,30)/t24-/m0/s1. The van der Waals surface area contributed by atoms with E-state index < -0.39 is 0 Å². The van der Waals surface area contributed by atoms with E-state index in [1.807, 2.05) is 41.3 Å². The molecule has 2 aliphatic rings. The number of urea groups is 1. The monoisotopic (exact) mass is 441 g/mol. The number of rotatable bonds is 6. The summed E-state index contributed by atoms with van der Waals surface area (Å²) in [6.45, 7) is 4.63. The van der Waals surface area contributed by atoms with Gasteiger partial charge < -0.3 is 24.6 Å². The average molecular weight is 442 g/mol. The van der Waals surface area contributed by atoms with Gasteiger partial charge in [-0.25, -0.2) is 9.18 Å². The highest BCUT2D eigenvalue weighted by molar-refractivity contribution is 5.89. The maximum absolute atomic E-state index is 13.1. The first-order valence-electron chi connectivity index (χ1n) is 11.4. The first kappa shape index (κ1) is 22.6. The van der Waals surface area contributed by atoms with Crippen LogP contribution in [-0.2, 0) is 11.2 Å². The topological polar surface area (TPSA) is 54.0 Å². The third-order valence-corrected chi connectivity index (χ3v) is 6.35. The van der Waals surface area contributed by atoms with Crippen molar-refractivity contribution in [2.75, 3.05) is 51.8 Å². The van der Waals surface area contributed by atoms with Gasteiger partial charge in [0, 0.05) is 31.4 Å². The van der Waals surface area contributed by atoms with Gasteiger partial charge in [-0.05, 0) is 68.1 Å². The van der Waals surface area contributed by atoms with Crippen molar-refractivity contribution in [2.45, 2.75) is 25.4 Å². The SMILES string of the molecule is COc1cccc(NC(=O)N2CCO[C@@H](CN3CCC(Cc4ccc(F)cc4)CC3)C2)c1. The molecule has 2 heterocycles. The van der Waals surface area contributed by atoms with Gasteiger partial charge in [-0.15, -0.1) is 0 Å². The zero-order valence-corrected chi connectivity index (χ0v) is 18.6. The number of amides is 2. The minimum Gasteiger partial charge on any atom is -0.497 e. The predicted molar refractivity (Wildman–Crippen MR) is 123 cm³/mol. The summed E-state index contributed by atoms with van der Waals surface area (Å²) in [4.78, 5) is 17.0. The second-order valence-corrected chi connectivity index (χ2v) is 8.68. The van der Waals surface area contributed by atoms with E-state index in [2.05, 4.69) is 10.2 Å². The van der Waals surface area contributed by atoms with E-state index in [9.17, 15) is 9.18 Å². The second kappa shape index (κ2) is 10.8. The van der Waals surface area contributed by atoms with Crippen molar-refractivity contribution < 1.29 is 18.7 Å². The fraction of sp³-hybridized carbons (Fsp3) is 0.480. The lowest BCUT2D eigenvalue weighted by Gasteiger charge is -2.38. The highest BCUT2D eigenvalue weighted by Crippen LogP contribution is 2.23. The lowest BCUT2D eigenvalue weighted by molar-refractivity contribution is -0.0329. The van der Waals surface area contributed by atoms with Crippen LogP contribution in [0.5, 0.6) is 5.75 Å². The molecule has 0 saturated carbocycles. The summed E-state index contributed by atoms with van der Waals surface area (Å²) in [6, 6.07) is 14.1. The largest absolute Gasteiger partial charge is 0.497 e. The maximum atomic E-state index is 13.1. The van der Waals surface area contributed by atoms with Crippen molar-refractivity contribution in [1.29, 1.82) is 0 Å². The zero-order chi connectivity index (χ0) is 22.3. The van der Waals surface area contributed by atoms with Crippen LogP contribution in [0.2, 0.25) is 0 Å². The summed E-state index contributed by atoms with van der Waals surface area (Å²) in [5.41, 5.74) is 1.93. The molecule has 2 aromatic rings. The molecule has 0 aromatic heterocycles. The van der Waals surface area contributed by atoms with E-state index in [0.717, 1.165) is 44.6 Å². The summed E-state index contributed by atoms with van der Waals surface area (Å²) >= 11 is 0. The number of morpholine rings is 1. The Labute approximate surface area is 189 Å². The number of halogens is 1. The summed E-state index contributed by atoms with van der Waals surface area (Å²) in [5.74, 6) is 1.17. The highest BCUT2D eigenvalue weighted by Gasteiger charge is 2.28. The van der Waals surface area contributed by atoms with E-state index in [1.165, 1.54) is 5.56 Å². The zero-order valence-electron chi connectivity index (χ0n) is 18.6. The maximum Gasteiger partial charge on any atom is 0.322 e. The Morgan fingerprint density at radius 3 is 2.69 bits per heavy atom. The van der Waals surface area contributed by atoms with Crippen molar-refractivity contribution in [3.63, 3.8) is 0 Å². The molecule has 0 unspecified atom stereocenters. The average Bonchev–Trinajstić information content (AvgIpc) is 2.82. The second-order valence-electron chi connectivity index (χ2n) is 8.68. The smallest absolute Gasteiger partial charge is 0.322 e. The number of ether oxygens (including phenoxy) is 2. The third kappa shape index (κ3) is 6.20. The number of carbonyl (C=O) groups excluding carboxylic acids is 1. The molecule has 4 rings (SSSR count). The van der Waals surface area contributed by atoms with E-state index in [0.29, 0.717) is 31.4 Å². The first-order valence-corrected chi connectivity index (χ1v) is 11.4. The van der Waals surface area contributed by atoms with Crippen molar-refractivity contribution in [3.8, 4) is 5.75 Å². The van der Waals surface area contributed by atoms with Crippen LogP contribution in [-0.4, -0.2) is 68.4 Å². The highest BCUT2D eigenvalue weighted by atomic mass is 19.1. The van der Waals surface area contributed by atoms with Crippen LogP contribution in [0.25, 0.3) is 0 Å². The number of hydrogen-bond donors (Lipinski definition) is 1. The Bertz CT molecular complexity index is 884. The molecule has 0 radical (unpaired) electrons. The molecular formula is C25H32FN3O3. The van der Waals surface area contributed by atoms with Gasteiger partial charge in [0.25, 0.3) is 0 Å². The number of likely N-dealkylation sites (tertiary alicyclic amines) is 1. The number of anilines is 1. The van der Waals surface area contributed by atoms with Crippen LogP contribution in [0, 0.1) is 11.7 Å². The van der Waals surface area contributed by atoms with Gasteiger partial charge in [-0.2, -0.15) is 0 Å². The van der Waals surface area contributed by atoms with Gasteiger partial charge in [0.05, 0.1) is 19.8 Å². The van der Waals surface area contributed by atoms with Gasteiger partial charge >= 0.3 is 6.03 Å². The summed E-state index contributed by atoms with van der Waals surface area (Å²) < 4.78 is 24.3.